The van der Waals surface area contributed by atoms with E-state index in [2.05, 4.69) is 15.3 Å². The van der Waals surface area contributed by atoms with E-state index in [1.165, 1.54) is 6.07 Å². The van der Waals surface area contributed by atoms with Crippen LogP contribution in [-0.4, -0.2) is 14.5 Å². The van der Waals surface area contributed by atoms with E-state index in [9.17, 15) is 4.39 Å². The van der Waals surface area contributed by atoms with Crippen LogP contribution < -0.4 is 5.32 Å². The van der Waals surface area contributed by atoms with E-state index < -0.39 is 6.04 Å². The minimum Gasteiger partial charge on any atom is -0.371 e. The zero-order chi connectivity index (χ0) is 18.1. The summed E-state index contributed by atoms with van der Waals surface area (Å²) in [6.45, 7) is 1.95. The highest BCUT2D eigenvalue weighted by molar-refractivity contribution is 5.91. The molecule has 0 spiro atoms. The van der Waals surface area contributed by atoms with Crippen molar-refractivity contribution in [2.24, 2.45) is 7.05 Å². The molecule has 0 bridgehead atoms. The van der Waals surface area contributed by atoms with Crippen molar-refractivity contribution in [1.82, 2.24) is 14.5 Å². The fourth-order valence-electron chi connectivity index (χ4n) is 3.23. The Bertz CT molecular complexity index is 1070. The average molecular weight is 346 g/mol. The zero-order valence-corrected chi connectivity index (χ0v) is 14.6. The van der Waals surface area contributed by atoms with Crippen molar-refractivity contribution in [2.45, 2.75) is 13.0 Å². The fourth-order valence-corrected chi connectivity index (χ4v) is 3.23. The molecule has 4 rings (SSSR count). The minimum absolute atomic E-state index is 0.261. The molecule has 0 aliphatic rings. The lowest BCUT2D eigenvalue weighted by atomic mass is 10.0. The molecule has 0 fully saturated rings. The van der Waals surface area contributed by atoms with Crippen LogP contribution in [0.2, 0.25) is 0 Å². The van der Waals surface area contributed by atoms with Gasteiger partial charge in [-0.2, -0.15) is 0 Å². The lowest BCUT2D eigenvalue weighted by Gasteiger charge is -2.22. The highest BCUT2D eigenvalue weighted by Gasteiger charge is 2.22. The van der Waals surface area contributed by atoms with E-state index in [0.29, 0.717) is 5.56 Å². The first-order valence-electron chi connectivity index (χ1n) is 8.48. The topological polar surface area (TPSA) is 42.7 Å². The number of nitrogens with one attached hydrogen (secondary N) is 1. The van der Waals surface area contributed by atoms with Crippen LogP contribution in [-0.2, 0) is 7.05 Å². The number of hydrogen-bond acceptors (Lipinski definition) is 3. The summed E-state index contributed by atoms with van der Waals surface area (Å²) in [7, 11) is 1.91. The first-order valence-corrected chi connectivity index (χ1v) is 8.48. The number of para-hydroxylation sites is 1. The van der Waals surface area contributed by atoms with Gasteiger partial charge in [-0.25, -0.2) is 9.37 Å². The van der Waals surface area contributed by atoms with Gasteiger partial charge in [-0.3, -0.25) is 4.98 Å². The Morgan fingerprint density at radius 3 is 2.62 bits per heavy atom. The number of benzene rings is 2. The van der Waals surface area contributed by atoms with Crippen LogP contribution >= 0.6 is 0 Å². The number of hydrogen-bond donors (Lipinski definition) is 1. The normalized spacial score (nSPS) is 12.3. The molecule has 130 valence electrons. The van der Waals surface area contributed by atoms with Gasteiger partial charge in [0.2, 0.25) is 0 Å². The Morgan fingerprint density at radius 1 is 1.08 bits per heavy atom. The van der Waals surface area contributed by atoms with Gasteiger partial charge in [-0.1, -0.05) is 36.4 Å². The Kier molecular flexibility index (Phi) is 4.13. The molecule has 1 N–H and O–H groups in total. The second-order valence-corrected chi connectivity index (χ2v) is 6.32. The van der Waals surface area contributed by atoms with E-state index in [-0.39, 0.29) is 5.82 Å². The van der Waals surface area contributed by atoms with Gasteiger partial charge < -0.3 is 9.88 Å². The molecule has 1 atom stereocenters. The molecular formula is C21H19FN4. The summed E-state index contributed by atoms with van der Waals surface area (Å²) in [5.41, 5.74) is 3.27. The van der Waals surface area contributed by atoms with Crippen LogP contribution in [0.15, 0.2) is 67.0 Å². The number of pyridine rings is 1. The first kappa shape index (κ1) is 16.3. The first-order chi connectivity index (χ1) is 12.6. The fraction of sp³-hybridized carbons (Fsp3) is 0.143. The summed E-state index contributed by atoms with van der Waals surface area (Å²) in [6, 6.07) is 16.3. The summed E-state index contributed by atoms with van der Waals surface area (Å²) in [5, 5.41) is 4.49. The third-order valence-electron chi connectivity index (χ3n) is 4.48. The molecule has 0 amide bonds. The van der Waals surface area contributed by atoms with Gasteiger partial charge in [0.1, 0.15) is 17.7 Å². The highest BCUT2D eigenvalue weighted by atomic mass is 19.1. The van der Waals surface area contributed by atoms with Crippen molar-refractivity contribution in [3.8, 4) is 0 Å². The Labute approximate surface area is 151 Å². The molecule has 2 aromatic heterocycles. The molecule has 5 heteroatoms. The molecule has 4 nitrogen and oxygen atoms in total. The molecule has 0 saturated heterocycles. The lowest BCUT2D eigenvalue weighted by molar-refractivity contribution is 0.596. The average Bonchev–Trinajstić information content (AvgIpc) is 3.06. The third kappa shape index (κ3) is 2.92. The lowest BCUT2D eigenvalue weighted by Crippen LogP contribution is -2.18. The summed E-state index contributed by atoms with van der Waals surface area (Å²) < 4.78 is 16.5. The molecule has 0 aliphatic heterocycles. The van der Waals surface area contributed by atoms with Crippen molar-refractivity contribution in [3.63, 3.8) is 0 Å². The second-order valence-electron chi connectivity index (χ2n) is 6.32. The smallest absolute Gasteiger partial charge is 0.135 e. The molecule has 2 aromatic carbocycles. The van der Waals surface area contributed by atoms with Crippen molar-refractivity contribution < 1.29 is 4.39 Å². The van der Waals surface area contributed by atoms with Gasteiger partial charge in [0.25, 0.3) is 0 Å². The third-order valence-corrected chi connectivity index (χ3v) is 4.48. The molecule has 1 unspecified atom stereocenters. The summed E-state index contributed by atoms with van der Waals surface area (Å²) in [5.74, 6) is 0.483. The van der Waals surface area contributed by atoms with Crippen LogP contribution in [0, 0.1) is 12.7 Å². The van der Waals surface area contributed by atoms with Crippen LogP contribution in [0.4, 0.5) is 10.1 Å². The van der Waals surface area contributed by atoms with E-state index in [1.807, 2.05) is 61.1 Å². The summed E-state index contributed by atoms with van der Waals surface area (Å²) >= 11 is 0. The van der Waals surface area contributed by atoms with Crippen LogP contribution in [0.25, 0.3) is 10.9 Å². The quantitative estimate of drug-likeness (QED) is 0.586. The number of aromatic nitrogens is 3. The van der Waals surface area contributed by atoms with Gasteiger partial charge in [0, 0.05) is 41.8 Å². The number of nitrogens with zero attached hydrogens (tertiary/aromatic N) is 3. The maximum Gasteiger partial charge on any atom is 0.135 e. The Morgan fingerprint density at radius 2 is 1.85 bits per heavy atom. The number of halogens is 1. The standard InChI is InChI=1S/C21H19FN4/c1-14-13-19(16-8-4-6-10-18(16)24-14)25-20(21-23-11-12-26(21)2)15-7-3-5-9-17(15)22/h3-13,20H,1-2H3,(H,24,25). The van der Waals surface area contributed by atoms with E-state index >= 15 is 0 Å². The SMILES string of the molecule is Cc1cc(NC(c2ccccc2F)c2nccn2C)c2ccccc2n1. The number of rotatable bonds is 4. The number of imidazole rings is 1. The van der Waals surface area contributed by atoms with E-state index in [4.69, 9.17) is 0 Å². The Hall–Kier alpha value is -3.21. The van der Waals surface area contributed by atoms with Gasteiger partial charge in [-0.15, -0.1) is 0 Å². The molecule has 4 aromatic rings. The van der Waals surface area contributed by atoms with Gasteiger partial charge in [0.05, 0.1) is 5.52 Å². The van der Waals surface area contributed by atoms with Crippen molar-refractivity contribution in [3.05, 3.63) is 89.9 Å². The minimum atomic E-state index is -0.415. The number of aryl methyl sites for hydroxylation is 2. The van der Waals surface area contributed by atoms with Gasteiger partial charge >= 0.3 is 0 Å². The van der Waals surface area contributed by atoms with Crippen molar-refractivity contribution in [2.75, 3.05) is 5.32 Å². The van der Waals surface area contributed by atoms with Gasteiger partial charge in [-0.05, 0) is 25.1 Å². The maximum atomic E-state index is 14.6. The monoisotopic (exact) mass is 346 g/mol. The molecule has 26 heavy (non-hydrogen) atoms. The molecule has 0 radical (unpaired) electrons. The molecule has 0 aliphatic carbocycles. The Balaban J connectivity index is 1.87. The number of fused-ring (bicyclic) bond motifs is 1. The van der Waals surface area contributed by atoms with Crippen molar-refractivity contribution >= 4 is 16.6 Å². The zero-order valence-electron chi connectivity index (χ0n) is 14.6. The predicted octanol–water partition coefficient (Wildman–Crippen LogP) is 4.62. The van der Waals surface area contributed by atoms with Crippen LogP contribution in [0.1, 0.15) is 23.1 Å². The largest absolute Gasteiger partial charge is 0.371 e. The molecule has 0 saturated carbocycles. The maximum absolute atomic E-state index is 14.6. The number of anilines is 1. The molecular weight excluding hydrogens is 327 g/mol. The molecule has 2 heterocycles. The highest BCUT2D eigenvalue weighted by Crippen LogP contribution is 2.31. The second kappa shape index (κ2) is 6.59. The summed E-state index contributed by atoms with van der Waals surface area (Å²) in [6.07, 6.45) is 3.58. The van der Waals surface area contributed by atoms with Crippen molar-refractivity contribution in [1.29, 1.82) is 0 Å². The predicted molar refractivity (Wildman–Crippen MR) is 102 cm³/mol. The van der Waals surface area contributed by atoms with E-state index in [1.54, 1.807) is 18.3 Å². The van der Waals surface area contributed by atoms with Gasteiger partial charge in [0.15, 0.2) is 0 Å². The summed E-state index contributed by atoms with van der Waals surface area (Å²) in [4.78, 5) is 9.03. The van der Waals surface area contributed by atoms with E-state index in [0.717, 1.165) is 28.1 Å². The van der Waals surface area contributed by atoms with Crippen LogP contribution in [0.3, 0.4) is 0 Å². The van der Waals surface area contributed by atoms with Crippen LogP contribution in [0.5, 0.6) is 0 Å².